The maximum Gasteiger partial charge on any atom is 0.335 e. The van der Waals surface area contributed by atoms with Crippen LogP contribution in [0.2, 0.25) is 0 Å². The molecule has 0 spiro atoms. The van der Waals surface area contributed by atoms with Crippen LogP contribution >= 0.6 is 0 Å². The van der Waals surface area contributed by atoms with Crippen molar-refractivity contribution in [3.8, 4) is 69.4 Å². The number of pyridine rings is 2. The fourth-order valence-corrected chi connectivity index (χ4v) is 19.8. The molecule has 2 aromatic heterocycles. The van der Waals surface area contributed by atoms with E-state index in [-0.39, 0.29) is 69.5 Å². The Hall–Kier alpha value is -14.1. The van der Waals surface area contributed by atoms with E-state index in [1.807, 2.05) is 43.4 Å². The lowest BCUT2D eigenvalue weighted by atomic mass is 9.97. The molecule has 0 saturated carbocycles. The molecule has 0 bridgehead atoms. The van der Waals surface area contributed by atoms with E-state index in [9.17, 15) is 103 Å². The first kappa shape index (κ1) is 88.9. The minimum absolute atomic E-state index is 0.0105. The summed E-state index contributed by atoms with van der Waals surface area (Å²) in [6.07, 6.45) is 11.6. The normalized spacial score (nSPS) is 11.7. The molecule has 0 radical (unpaired) electrons. The van der Waals surface area contributed by atoms with Crippen LogP contribution in [0.3, 0.4) is 0 Å². The lowest BCUT2D eigenvalue weighted by Crippen LogP contribution is -2.11. The third-order valence-corrected chi connectivity index (χ3v) is 26.4. The summed E-state index contributed by atoms with van der Waals surface area (Å²) in [5, 5.41) is 73.9. The van der Waals surface area contributed by atoms with Gasteiger partial charge in [-0.2, -0.15) is 21.0 Å². The van der Waals surface area contributed by atoms with Crippen molar-refractivity contribution in [2.24, 2.45) is 0 Å². The van der Waals surface area contributed by atoms with Crippen LogP contribution in [0.25, 0.3) is 39.2 Å². The van der Waals surface area contributed by atoms with Gasteiger partial charge in [0, 0.05) is 29.8 Å². The van der Waals surface area contributed by atoms with Crippen molar-refractivity contribution in [1.29, 1.82) is 21.0 Å². The van der Waals surface area contributed by atoms with Gasteiger partial charge in [-0.05, 0) is 220 Å². The molecule has 0 fully saturated rings. The minimum Gasteiger partial charge on any atom is -0.495 e. The van der Waals surface area contributed by atoms with Gasteiger partial charge >= 0.3 is 23.9 Å². The minimum atomic E-state index is -4.12. The van der Waals surface area contributed by atoms with Gasteiger partial charge in [0.25, 0.3) is 0 Å². The molecule has 1 aliphatic rings. The molecule has 2 heterocycles. The topological polar surface area (TPSA) is 459 Å². The molecule has 0 saturated heterocycles. The molecule has 12 rings (SSSR count). The first-order valence-corrected chi connectivity index (χ1v) is 44.1. The van der Waals surface area contributed by atoms with E-state index >= 15 is 0 Å². The smallest absolute Gasteiger partial charge is 0.335 e. The van der Waals surface area contributed by atoms with E-state index in [0.29, 0.717) is 103 Å². The van der Waals surface area contributed by atoms with E-state index in [0.717, 1.165) is 29.5 Å². The molecule has 4 N–H and O–H groups in total. The number of aryl methyl sites for hydroxylation is 2. The van der Waals surface area contributed by atoms with E-state index in [4.69, 9.17) is 9.47 Å². The van der Waals surface area contributed by atoms with Gasteiger partial charge in [0.1, 0.15) is 21.3 Å². The SMILES string of the molecule is CCc1ccc(C(=O)O)cc1S(=O)(=O)Cc1cc(C#N)ccc1-c1cccc(C#N)c1.CCc1ccc(C(=O)O)cc1S(=O)(=O)Cc1cc(C#N)ccc1C1=CC=CC1.COc1ccc(C(=O)O)cc1S(=O)(=O)Cc1cc(C#N)ccc1-c1ccccn1.COc1ccc(C(=O)O)cc1S(=O)(=O)Cc1cc(S(C)(=O)=O)ccc1-c1ccccn1. The summed E-state index contributed by atoms with van der Waals surface area (Å²) in [4.78, 5) is 53.2. The maximum atomic E-state index is 13.3. The predicted octanol–water partition coefficient (Wildman–Crippen LogP) is 14.6. The number of aromatic carboxylic acids is 4. The van der Waals surface area contributed by atoms with Gasteiger partial charge in [0.15, 0.2) is 49.2 Å². The third kappa shape index (κ3) is 22.1. The van der Waals surface area contributed by atoms with Gasteiger partial charge in [-0.1, -0.05) is 92.7 Å². The number of aromatic nitrogens is 2. The van der Waals surface area contributed by atoms with Crippen LogP contribution in [-0.4, -0.2) is 117 Å². The number of carboxylic acid groups (broad SMARTS) is 4. The highest BCUT2D eigenvalue weighted by molar-refractivity contribution is 7.92. The summed E-state index contributed by atoms with van der Waals surface area (Å²) < 4.78 is 140. The van der Waals surface area contributed by atoms with Crippen molar-refractivity contribution in [2.45, 2.75) is 80.6 Å². The number of allylic oxidation sites excluding steroid dienone is 4. The highest BCUT2D eigenvalue weighted by atomic mass is 32.2. The Morgan fingerprint density at radius 2 is 0.748 bits per heavy atom. The number of nitrogens with zero attached hydrogens (tertiary/aromatic N) is 6. The fourth-order valence-electron chi connectivity index (χ4n) is 12.6. The molecular formula is C88H72N6O20S5. The van der Waals surface area contributed by atoms with Crippen molar-refractivity contribution in [2.75, 3.05) is 20.5 Å². The van der Waals surface area contributed by atoms with E-state index in [1.165, 1.54) is 105 Å². The number of ether oxygens (including phenoxy) is 2. The molecular weight excluding hydrogens is 1620 g/mol. The summed E-state index contributed by atoms with van der Waals surface area (Å²) in [5.41, 5.74) is 8.58. The first-order valence-electron chi connectivity index (χ1n) is 35.6. The number of sulfone groups is 5. The van der Waals surface area contributed by atoms with Crippen LogP contribution in [0.5, 0.6) is 11.5 Å². The summed E-state index contributed by atoms with van der Waals surface area (Å²) in [6, 6.07) is 59.4. The number of carbonyl (C=O) groups is 4. The summed E-state index contributed by atoms with van der Waals surface area (Å²) in [6.45, 7) is 3.62. The zero-order valence-corrected chi connectivity index (χ0v) is 68.1. The maximum absolute atomic E-state index is 13.3. The zero-order chi connectivity index (χ0) is 86.7. The van der Waals surface area contributed by atoms with Gasteiger partial charge in [-0.25, -0.2) is 61.3 Å². The molecule has 1 aliphatic carbocycles. The molecule has 31 heteroatoms. The molecule has 0 unspecified atom stereocenters. The monoisotopic (exact) mass is 1690 g/mol. The first-order chi connectivity index (χ1) is 56.5. The van der Waals surface area contributed by atoms with Crippen LogP contribution in [0.4, 0.5) is 0 Å². The molecule has 0 amide bonds. The second-order valence-electron chi connectivity index (χ2n) is 26.3. The highest BCUT2D eigenvalue weighted by Crippen LogP contribution is 2.37. The summed E-state index contributed by atoms with van der Waals surface area (Å²) in [5.74, 6) is -6.62. The second kappa shape index (κ2) is 38.6. The van der Waals surface area contributed by atoms with Crippen LogP contribution in [0, 0.1) is 45.3 Å². The number of carboxylic acids is 4. The average molecular weight is 1690 g/mol. The highest BCUT2D eigenvalue weighted by Gasteiger charge is 2.30. The number of nitriles is 4. The average Bonchev–Trinajstić information content (AvgIpc) is 1.27. The number of hydrogen-bond donors (Lipinski definition) is 4. The van der Waals surface area contributed by atoms with E-state index in [2.05, 4.69) is 16.0 Å². The molecule has 11 aromatic rings. The third-order valence-electron chi connectivity index (χ3n) is 18.4. The van der Waals surface area contributed by atoms with Gasteiger partial charge in [0.05, 0.1) is 132 Å². The molecule has 9 aromatic carbocycles. The number of rotatable bonds is 25. The van der Waals surface area contributed by atoms with Crippen LogP contribution in [0.1, 0.15) is 123 Å². The molecule has 0 atom stereocenters. The van der Waals surface area contributed by atoms with Crippen molar-refractivity contribution < 1.29 is 91.2 Å². The van der Waals surface area contributed by atoms with Gasteiger partial charge in [-0.3, -0.25) is 9.97 Å². The largest absolute Gasteiger partial charge is 0.495 e. The van der Waals surface area contributed by atoms with Gasteiger partial charge in [0.2, 0.25) is 0 Å². The lowest BCUT2D eigenvalue weighted by molar-refractivity contribution is 0.0685. The van der Waals surface area contributed by atoms with Crippen molar-refractivity contribution in [3.63, 3.8) is 0 Å². The van der Waals surface area contributed by atoms with Gasteiger partial charge in [-0.15, -0.1) is 0 Å². The Bertz CT molecular complexity index is 6690. The lowest BCUT2D eigenvalue weighted by Gasteiger charge is -2.14. The molecule has 604 valence electrons. The standard InChI is InChI=1S/C24H18N2O4S.C22H19NO4S.C21H16N2O5S.C21H19NO7S2/c1-2-18-7-8-20(24(27)28)12-23(18)31(29,30)15-21-11-17(14-26)6-9-22(21)19-5-3-4-16(10-19)13-25;1-2-16-8-9-18(22(24)25)12-21(16)28(26,27)14-19-11-15(13-23)7-10-20(19)17-5-3-4-6-17;1-28-19-8-6-15(21(24)25)11-20(19)29(26,27)13-16-10-14(12-22)5-7-17(16)18-4-2-3-9-23-18;1-29-19-9-6-14(21(23)24)12-20(19)31(27,28)13-15-11-16(30(2,25)26)7-8-17(15)18-5-3-4-10-22-18/h3-12H,2,15H2,1H3,(H,27,28);3-5,7-12H,2,6,14H2,1H3,(H,24,25);2-11H,13H2,1H3,(H,24,25);3-12H,13H2,1-2H3,(H,23,24). The van der Waals surface area contributed by atoms with Gasteiger partial charge < -0.3 is 29.9 Å². The Morgan fingerprint density at radius 3 is 1.12 bits per heavy atom. The Kier molecular flexibility index (Phi) is 28.8. The van der Waals surface area contributed by atoms with Crippen molar-refractivity contribution in [3.05, 3.63) is 320 Å². The van der Waals surface area contributed by atoms with Crippen LogP contribution in [-0.2, 0) is 85.0 Å². The van der Waals surface area contributed by atoms with Crippen LogP contribution < -0.4 is 9.47 Å². The molecule has 26 nitrogen and oxygen atoms in total. The number of hydrogen-bond acceptors (Lipinski definition) is 22. The Morgan fingerprint density at radius 1 is 0.387 bits per heavy atom. The number of methoxy groups -OCH3 is 2. The van der Waals surface area contributed by atoms with E-state index in [1.54, 1.807) is 122 Å². The Balaban J connectivity index is 0.000000181. The summed E-state index contributed by atoms with van der Waals surface area (Å²) >= 11 is 0. The summed E-state index contributed by atoms with van der Waals surface area (Å²) in [7, 11) is -16.8. The quantitative estimate of drug-likeness (QED) is 0.0413. The fraction of sp³-hybridized carbons (Fsp3) is 0.136. The van der Waals surface area contributed by atoms with E-state index < -0.39 is 90.3 Å². The predicted molar refractivity (Wildman–Crippen MR) is 440 cm³/mol. The second-order valence-corrected chi connectivity index (χ2v) is 36.2. The van der Waals surface area contributed by atoms with Crippen molar-refractivity contribution in [1.82, 2.24) is 9.97 Å². The molecule has 119 heavy (non-hydrogen) atoms. The van der Waals surface area contributed by atoms with Crippen molar-refractivity contribution >= 4 is 78.6 Å². The zero-order valence-electron chi connectivity index (χ0n) is 64.0. The number of benzene rings is 9. The Labute approximate surface area is 687 Å². The molecule has 0 aliphatic heterocycles. The van der Waals surface area contributed by atoms with Crippen LogP contribution in [0.15, 0.2) is 261 Å².